The molecule has 15 heavy (non-hydrogen) atoms. The Hall–Kier alpha value is -0.120. The van der Waals surface area contributed by atoms with Crippen molar-refractivity contribution in [2.24, 2.45) is 17.6 Å². The van der Waals surface area contributed by atoms with E-state index >= 15 is 0 Å². The van der Waals surface area contributed by atoms with Crippen molar-refractivity contribution in [3.8, 4) is 0 Å². The van der Waals surface area contributed by atoms with E-state index in [2.05, 4.69) is 17.3 Å². The van der Waals surface area contributed by atoms with Gasteiger partial charge < -0.3 is 5.73 Å². The third-order valence-corrected chi connectivity index (χ3v) is 4.87. The molecule has 0 radical (unpaired) electrons. The average molecular weight is 209 g/mol. The average Bonchev–Trinajstić information content (AvgIpc) is 2.68. The first kappa shape index (κ1) is 10.1. The van der Waals surface area contributed by atoms with Gasteiger partial charge in [-0.1, -0.05) is 6.42 Å². The molecule has 0 spiro atoms. The van der Waals surface area contributed by atoms with Crippen LogP contribution in [0.2, 0.25) is 0 Å². The van der Waals surface area contributed by atoms with Gasteiger partial charge in [-0.25, -0.2) is 0 Å². The van der Waals surface area contributed by atoms with Crippen LogP contribution >= 0.6 is 0 Å². The summed E-state index contributed by atoms with van der Waals surface area (Å²) in [6, 6.07) is 1.16. The molecule has 3 N–H and O–H groups in total. The normalized spacial score (nSPS) is 51.2. The minimum atomic E-state index is 0.450. The van der Waals surface area contributed by atoms with Gasteiger partial charge in [0.2, 0.25) is 0 Å². The summed E-state index contributed by atoms with van der Waals surface area (Å²) >= 11 is 0. The second kappa shape index (κ2) is 3.72. The summed E-state index contributed by atoms with van der Waals surface area (Å²) in [5.74, 6) is 1.46. The van der Waals surface area contributed by atoms with Crippen LogP contribution in [0, 0.1) is 11.8 Å². The van der Waals surface area contributed by atoms with Gasteiger partial charge in [-0.2, -0.15) is 0 Å². The van der Waals surface area contributed by atoms with Gasteiger partial charge >= 0.3 is 0 Å². The van der Waals surface area contributed by atoms with Gasteiger partial charge in [0.1, 0.15) is 0 Å². The molecule has 5 atom stereocenters. The summed E-state index contributed by atoms with van der Waals surface area (Å²) < 4.78 is 0. The van der Waals surface area contributed by atoms with Crippen LogP contribution in [-0.2, 0) is 0 Å². The van der Waals surface area contributed by atoms with Crippen LogP contribution in [0.1, 0.15) is 32.1 Å². The van der Waals surface area contributed by atoms with Gasteiger partial charge in [-0.3, -0.25) is 10.2 Å². The van der Waals surface area contributed by atoms with Crippen LogP contribution in [0.5, 0.6) is 0 Å². The molecule has 0 aromatic carbocycles. The molecule has 3 heteroatoms. The third kappa shape index (κ3) is 1.52. The molecule has 0 amide bonds. The first-order valence-electron chi connectivity index (χ1n) is 6.49. The number of piperidine rings is 2. The predicted molar refractivity (Wildman–Crippen MR) is 61.4 cm³/mol. The highest BCUT2D eigenvalue weighted by molar-refractivity contribution is 5.02. The molecule has 2 saturated heterocycles. The highest BCUT2D eigenvalue weighted by Gasteiger charge is 2.46. The molecule has 0 aromatic heterocycles. The Morgan fingerprint density at radius 2 is 1.93 bits per heavy atom. The fourth-order valence-electron chi connectivity index (χ4n) is 4.05. The van der Waals surface area contributed by atoms with E-state index in [0.717, 1.165) is 5.92 Å². The fourth-order valence-corrected chi connectivity index (χ4v) is 4.05. The molecule has 2 aliphatic heterocycles. The summed E-state index contributed by atoms with van der Waals surface area (Å²) in [5.41, 5.74) is 6.47. The van der Waals surface area contributed by atoms with Crippen molar-refractivity contribution in [1.82, 2.24) is 10.2 Å². The van der Waals surface area contributed by atoms with Crippen molar-refractivity contribution in [1.29, 1.82) is 0 Å². The molecule has 1 aliphatic carbocycles. The van der Waals surface area contributed by atoms with E-state index in [1.54, 1.807) is 0 Å². The Bertz CT molecular complexity index is 243. The zero-order valence-electron chi connectivity index (χ0n) is 9.65. The molecule has 0 aromatic rings. The van der Waals surface area contributed by atoms with E-state index in [9.17, 15) is 0 Å². The second-order valence-corrected chi connectivity index (χ2v) is 5.68. The minimum absolute atomic E-state index is 0.450. The van der Waals surface area contributed by atoms with E-state index < -0.39 is 0 Å². The number of likely N-dealkylation sites (tertiary alicyclic amines) is 1. The van der Waals surface area contributed by atoms with Gasteiger partial charge in [-0.15, -0.1) is 0 Å². The van der Waals surface area contributed by atoms with Crippen LogP contribution < -0.4 is 11.1 Å². The molecule has 3 aliphatic rings. The lowest BCUT2D eigenvalue weighted by molar-refractivity contribution is 0.0149. The number of nitrogens with one attached hydrogen (secondary N) is 1. The van der Waals surface area contributed by atoms with Gasteiger partial charge in [0, 0.05) is 18.0 Å². The smallest absolute Gasteiger partial charge is 0.0640 e. The van der Waals surface area contributed by atoms with E-state index in [4.69, 9.17) is 5.73 Å². The minimum Gasteiger partial charge on any atom is -0.327 e. The number of nitrogens with zero attached hydrogens (tertiary/aromatic N) is 1. The maximum atomic E-state index is 6.47. The summed E-state index contributed by atoms with van der Waals surface area (Å²) in [4.78, 5) is 2.47. The van der Waals surface area contributed by atoms with Crippen molar-refractivity contribution in [3.05, 3.63) is 0 Å². The molecule has 1 saturated carbocycles. The van der Waals surface area contributed by atoms with Crippen LogP contribution in [0.25, 0.3) is 0 Å². The van der Waals surface area contributed by atoms with Gasteiger partial charge in [0.15, 0.2) is 0 Å². The van der Waals surface area contributed by atoms with Crippen molar-refractivity contribution in [3.63, 3.8) is 0 Å². The van der Waals surface area contributed by atoms with Crippen molar-refractivity contribution in [2.75, 3.05) is 13.6 Å². The zero-order valence-corrected chi connectivity index (χ0v) is 9.65. The predicted octanol–water partition coefficient (Wildman–Crippen LogP) is 0.754. The van der Waals surface area contributed by atoms with Gasteiger partial charge in [-0.05, 0) is 45.2 Å². The number of hydrogen-bond acceptors (Lipinski definition) is 3. The molecule has 5 unspecified atom stereocenters. The number of hydrogen-bond donors (Lipinski definition) is 2. The highest BCUT2D eigenvalue weighted by atomic mass is 15.3. The molecule has 0 bridgehead atoms. The lowest BCUT2D eigenvalue weighted by atomic mass is 9.76. The third-order valence-electron chi connectivity index (χ3n) is 4.87. The number of fused-ring (bicyclic) bond motifs is 2. The van der Waals surface area contributed by atoms with E-state index in [0.29, 0.717) is 24.2 Å². The van der Waals surface area contributed by atoms with E-state index in [1.807, 2.05) is 0 Å². The lowest BCUT2D eigenvalue weighted by Gasteiger charge is -2.50. The number of nitrogens with two attached hydrogens (primary N) is 1. The lowest BCUT2D eigenvalue weighted by Crippen LogP contribution is -2.66. The second-order valence-electron chi connectivity index (χ2n) is 5.68. The Labute approximate surface area is 92.4 Å². The number of rotatable bonds is 0. The fraction of sp³-hybridized carbons (Fsp3) is 1.00. The van der Waals surface area contributed by atoms with Crippen LogP contribution in [0.3, 0.4) is 0 Å². The Kier molecular flexibility index (Phi) is 2.49. The molecule has 86 valence electrons. The Morgan fingerprint density at radius 1 is 1.13 bits per heavy atom. The molecule has 2 heterocycles. The maximum absolute atomic E-state index is 6.47. The van der Waals surface area contributed by atoms with Crippen molar-refractivity contribution >= 4 is 0 Å². The van der Waals surface area contributed by atoms with Gasteiger partial charge in [0.25, 0.3) is 0 Å². The molecular weight excluding hydrogens is 186 g/mol. The van der Waals surface area contributed by atoms with Crippen LogP contribution in [0.4, 0.5) is 0 Å². The topological polar surface area (TPSA) is 41.3 Å². The summed E-state index contributed by atoms with van der Waals surface area (Å²) in [6.45, 7) is 1.23. The van der Waals surface area contributed by atoms with Crippen LogP contribution in [-0.4, -0.2) is 36.7 Å². The SMILES string of the molecule is CN1CCCC2C(N)C3CCCC3NC21. The standard InChI is InChI=1S/C12H23N3/c1-15-7-3-5-9-11(13)8-4-2-6-10(8)14-12(9)15/h8-12,14H,2-7,13H2,1H3. The van der Waals surface area contributed by atoms with Crippen molar-refractivity contribution in [2.45, 2.75) is 50.4 Å². The molecule has 3 rings (SSSR count). The van der Waals surface area contributed by atoms with E-state index in [1.165, 1.54) is 38.6 Å². The van der Waals surface area contributed by atoms with E-state index in [-0.39, 0.29) is 0 Å². The van der Waals surface area contributed by atoms with Gasteiger partial charge in [0.05, 0.1) is 6.17 Å². The summed E-state index contributed by atoms with van der Waals surface area (Å²) in [5, 5.41) is 3.84. The first-order chi connectivity index (χ1) is 7.27. The first-order valence-corrected chi connectivity index (χ1v) is 6.49. The zero-order chi connectivity index (χ0) is 10.4. The summed E-state index contributed by atoms with van der Waals surface area (Å²) in [7, 11) is 2.24. The molecule has 3 nitrogen and oxygen atoms in total. The maximum Gasteiger partial charge on any atom is 0.0640 e. The summed E-state index contributed by atoms with van der Waals surface area (Å²) in [6.07, 6.45) is 7.28. The Balaban J connectivity index is 1.81. The molecular formula is C12H23N3. The van der Waals surface area contributed by atoms with Crippen molar-refractivity contribution < 1.29 is 0 Å². The Morgan fingerprint density at radius 3 is 2.80 bits per heavy atom. The highest BCUT2D eigenvalue weighted by Crippen LogP contribution is 2.39. The largest absolute Gasteiger partial charge is 0.327 e. The quantitative estimate of drug-likeness (QED) is 0.619. The molecule has 3 fully saturated rings. The monoisotopic (exact) mass is 209 g/mol. The van der Waals surface area contributed by atoms with Crippen LogP contribution in [0.15, 0.2) is 0 Å².